The molecule has 4 rings (SSSR count). The summed E-state index contributed by atoms with van der Waals surface area (Å²) in [5.74, 6) is -1.52. The van der Waals surface area contributed by atoms with E-state index < -0.39 is 29.1 Å². The van der Waals surface area contributed by atoms with Gasteiger partial charge in [-0.15, -0.1) is 0 Å². The highest BCUT2D eigenvalue weighted by molar-refractivity contribution is 6.30. The number of nitrogens with zero attached hydrogens (tertiary/aromatic N) is 2. The van der Waals surface area contributed by atoms with Crippen molar-refractivity contribution in [1.82, 2.24) is 9.80 Å². The Balaban J connectivity index is 1.86. The van der Waals surface area contributed by atoms with E-state index in [9.17, 15) is 19.5 Å². The molecule has 0 aliphatic carbocycles. The van der Waals surface area contributed by atoms with Crippen LogP contribution in [0.4, 0.5) is 4.79 Å². The van der Waals surface area contributed by atoms with Crippen LogP contribution in [-0.2, 0) is 14.3 Å². The molecule has 2 aromatic rings. The van der Waals surface area contributed by atoms with Gasteiger partial charge in [-0.3, -0.25) is 9.59 Å². The van der Waals surface area contributed by atoms with Crippen LogP contribution in [0.3, 0.4) is 0 Å². The molecule has 2 saturated heterocycles. The van der Waals surface area contributed by atoms with E-state index in [0.29, 0.717) is 29.4 Å². The Morgan fingerprint density at radius 1 is 1.08 bits per heavy atom. The molecule has 2 fully saturated rings. The second-order valence-corrected chi connectivity index (χ2v) is 12.1. The molecule has 2 aliphatic heterocycles. The number of amides is 2. The molecule has 0 unspecified atom stereocenters. The van der Waals surface area contributed by atoms with Crippen molar-refractivity contribution in [2.75, 3.05) is 13.1 Å². The molecule has 0 aromatic heterocycles. The van der Waals surface area contributed by atoms with Crippen LogP contribution in [0, 0.1) is 5.41 Å². The summed E-state index contributed by atoms with van der Waals surface area (Å²) in [7, 11) is 0. The molecule has 4 atom stereocenters. The SMILES string of the molecule is CC[C@@H](CN1CC(C)(C)OC1=O)N1C(=O)[C@](C)(CC(=O)O)C[C@H](c2cccc(Cl)c2)[C@H]1c1ccc(Cl)cc1. The van der Waals surface area contributed by atoms with Crippen molar-refractivity contribution < 1.29 is 24.2 Å². The average Bonchev–Trinajstić information content (AvgIpc) is 3.10. The van der Waals surface area contributed by atoms with E-state index in [1.54, 1.807) is 30.0 Å². The Labute approximate surface area is 233 Å². The second-order valence-electron chi connectivity index (χ2n) is 11.3. The number of carboxylic acid groups (broad SMARTS) is 1. The lowest BCUT2D eigenvalue weighted by molar-refractivity contribution is -0.161. The third-order valence-electron chi connectivity index (χ3n) is 7.62. The van der Waals surface area contributed by atoms with E-state index in [1.807, 2.05) is 56.0 Å². The van der Waals surface area contributed by atoms with Gasteiger partial charge < -0.3 is 19.6 Å². The molecule has 38 heavy (non-hydrogen) atoms. The number of carbonyl (C=O) groups is 3. The summed E-state index contributed by atoms with van der Waals surface area (Å²) in [5, 5.41) is 10.9. The van der Waals surface area contributed by atoms with Gasteiger partial charge in [-0.05, 0) is 62.1 Å². The first-order valence-electron chi connectivity index (χ1n) is 12.9. The van der Waals surface area contributed by atoms with Crippen molar-refractivity contribution in [3.05, 3.63) is 69.7 Å². The predicted octanol–water partition coefficient (Wildman–Crippen LogP) is 6.54. The topological polar surface area (TPSA) is 87.2 Å². The van der Waals surface area contributed by atoms with Crippen LogP contribution in [0.1, 0.15) is 70.0 Å². The maximum atomic E-state index is 14.3. The van der Waals surface area contributed by atoms with Gasteiger partial charge in [-0.1, -0.05) is 61.3 Å². The monoisotopic (exact) mass is 560 g/mol. The molecule has 1 N–H and O–H groups in total. The molecule has 0 spiro atoms. The quantitative estimate of drug-likeness (QED) is 0.396. The number of rotatable bonds is 8. The van der Waals surface area contributed by atoms with Crippen LogP contribution in [0.15, 0.2) is 48.5 Å². The minimum absolute atomic E-state index is 0.239. The number of halogens is 2. The Hall–Kier alpha value is -2.77. The first-order valence-corrected chi connectivity index (χ1v) is 13.6. The lowest BCUT2D eigenvalue weighted by atomic mass is 9.67. The Morgan fingerprint density at radius 3 is 2.32 bits per heavy atom. The van der Waals surface area contributed by atoms with Gasteiger partial charge in [0.15, 0.2) is 0 Å². The van der Waals surface area contributed by atoms with E-state index in [1.165, 1.54) is 0 Å². The lowest BCUT2D eigenvalue weighted by Crippen LogP contribution is -2.58. The van der Waals surface area contributed by atoms with Crippen LogP contribution >= 0.6 is 23.2 Å². The van der Waals surface area contributed by atoms with Gasteiger partial charge in [0.1, 0.15) is 5.60 Å². The maximum absolute atomic E-state index is 14.3. The zero-order chi connectivity index (χ0) is 27.8. The third-order valence-corrected chi connectivity index (χ3v) is 8.11. The van der Waals surface area contributed by atoms with Crippen molar-refractivity contribution in [1.29, 1.82) is 0 Å². The molecular weight excluding hydrogens is 527 g/mol. The smallest absolute Gasteiger partial charge is 0.410 e. The fourth-order valence-electron chi connectivity index (χ4n) is 5.95. The van der Waals surface area contributed by atoms with Gasteiger partial charge >= 0.3 is 12.1 Å². The predicted molar refractivity (Wildman–Crippen MR) is 146 cm³/mol. The van der Waals surface area contributed by atoms with Crippen molar-refractivity contribution in [2.24, 2.45) is 5.41 Å². The van der Waals surface area contributed by atoms with Gasteiger partial charge in [-0.2, -0.15) is 0 Å². The van der Waals surface area contributed by atoms with E-state index in [0.717, 1.165) is 11.1 Å². The van der Waals surface area contributed by atoms with Crippen molar-refractivity contribution in [3.63, 3.8) is 0 Å². The lowest BCUT2D eigenvalue weighted by Gasteiger charge is -2.52. The summed E-state index contributed by atoms with van der Waals surface area (Å²) < 4.78 is 5.52. The molecule has 0 radical (unpaired) electrons. The first kappa shape index (κ1) is 28.2. The zero-order valence-electron chi connectivity index (χ0n) is 22.1. The number of ether oxygens (including phenoxy) is 1. The summed E-state index contributed by atoms with van der Waals surface area (Å²) >= 11 is 12.6. The number of piperidine rings is 1. The zero-order valence-corrected chi connectivity index (χ0v) is 23.6. The largest absolute Gasteiger partial charge is 0.481 e. The Kier molecular flexibility index (Phi) is 8.01. The number of carboxylic acids is 1. The highest BCUT2D eigenvalue weighted by Crippen LogP contribution is 2.52. The van der Waals surface area contributed by atoms with Gasteiger partial charge in [0.05, 0.1) is 24.4 Å². The number of cyclic esters (lactones) is 1. The molecule has 9 heteroatoms. The molecule has 0 bridgehead atoms. The summed E-state index contributed by atoms with van der Waals surface area (Å²) in [6.45, 7) is 8.09. The number of carbonyl (C=O) groups excluding carboxylic acids is 2. The number of hydrogen-bond acceptors (Lipinski definition) is 4. The van der Waals surface area contributed by atoms with Crippen LogP contribution in [-0.4, -0.2) is 57.6 Å². The molecule has 0 saturated carbocycles. The first-order chi connectivity index (χ1) is 17.8. The number of likely N-dealkylation sites (tertiary alicyclic amines) is 1. The van der Waals surface area contributed by atoms with E-state index in [-0.39, 0.29) is 30.8 Å². The molecular formula is C29H34Cl2N2O5. The van der Waals surface area contributed by atoms with Gasteiger partial charge in [-0.25, -0.2) is 4.79 Å². The van der Waals surface area contributed by atoms with Gasteiger partial charge in [0.2, 0.25) is 5.91 Å². The molecule has 2 aromatic carbocycles. The van der Waals surface area contributed by atoms with E-state index >= 15 is 0 Å². The Bertz CT molecular complexity index is 1220. The third kappa shape index (κ3) is 5.79. The number of hydrogen-bond donors (Lipinski definition) is 1. The Morgan fingerprint density at radius 2 is 1.76 bits per heavy atom. The minimum atomic E-state index is -1.15. The summed E-state index contributed by atoms with van der Waals surface area (Å²) in [6.07, 6.45) is 0.172. The van der Waals surface area contributed by atoms with Crippen molar-refractivity contribution in [3.8, 4) is 0 Å². The van der Waals surface area contributed by atoms with Crippen LogP contribution in [0.25, 0.3) is 0 Å². The fourth-order valence-corrected chi connectivity index (χ4v) is 6.27. The highest BCUT2D eigenvalue weighted by Gasteiger charge is 2.53. The number of aliphatic carboxylic acids is 1. The number of benzene rings is 2. The molecule has 204 valence electrons. The maximum Gasteiger partial charge on any atom is 0.410 e. The van der Waals surface area contributed by atoms with Crippen LogP contribution in [0.5, 0.6) is 0 Å². The van der Waals surface area contributed by atoms with Gasteiger partial charge in [0, 0.05) is 28.5 Å². The molecule has 2 amide bonds. The standard InChI is InChI=1S/C29H34Cl2N2O5/c1-5-22(16-32-17-28(2,3)38-27(32)37)33-25(18-9-11-20(30)12-10-18)23(19-7-6-8-21(31)13-19)14-29(4,26(33)36)15-24(34)35/h6-13,22-23,25H,5,14-17H2,1-4H3,(H,34,35)/t22-,23+,25+,29-/m0/s1. The molecule has 7 nitrogen and oxygen atoms in total. The summed E-state index contributed by atoms with van der Waals surface area (Å²) in [5.41, 5.74) is 0.0221. The average molecular weight is 562 g/mol. The normalized spacial score (nSPS) is 25.8. The van der Waals surface area contributed by atoms with Crippen LogP contribution in [0.2, 0.25) is 10.0 Å². The fraction of sp³-hybridized carbons (Fsp3) is 0.483. The van der Waals surface area contributed by atoms with Gasteiger partial charge in [0.25, 0.3) is 0 Å². The molecule has 2 aliphatic rings. The molecule has 2 heterocycles. The summed E-state index contributed by atoms with van der Waals surface area (Å²) in [4.78, 5) is 42.4. The van der Waals surface area contributed by atoms with Crippen molar-refractivity contribution >= 4 is 41.2 Å². The minimum Gasteiger partial charge on any atom is -0.481 e. The second kappa shape index (κ2) is 10.8. The summed E-state index contributed by atoms with van der Waals surface area (Å²) in [6, 6.07) is 14.1. The highest BCUT2D eigenvalue weighted by atomic mass is 35.5. The van der Waals surface area contributed by atoms with E-state index in [4.69, 9.17) is 27.9 Å². The van der Waals surface area contributed by atoms with Crippen molar-refractivity contribution in [2.45, 2.75) is 70.6 Å². The van der Waals surface area contributed by atoms with Crippen LogP contribution < -0.4 is 0 Å². The van der Waals surface area contributed by atoms with E-state index in [2.05, 4.69) is 0 Å².